The Morgan fingerprint density at radius 2 is 2.24 bits per heavy atom. The number of fused-ring (bicyclic) bond motifs is 1. The van der Waals surface area contributed by atoms with Crippen LogP contribution in [0.3, 0.4) is 0 Å². The largest absolute Gasteiger partial charge is 0.491 e. The summed E-state index contributed by atoms with van der Waals surface area (Å²) >= 11 is 1.86. The molecule has 2 N–H and O–H groups in total. The standard InChI is InChI=1S/C17H22N2OS/c1-3-10-20-15-6-4-5-14(17(15)18)19-9-7-16-13(12(19)2)8-11-21-16/h4-6,8,11-12H,3,7,9-10,18H2,1-2H3. The highest BCUT2D eigenvalue weighted by atomic mass is 32.1. The lowest BCUT2D eigenvalue weighted by molar-refractivity contribution is 0.319. The Balaban J connectivity index is 1.91. The van der Waals surface area contributed by atoms with Gasteiger partial charge in [0.25, 0.3) is 0 Å². The Labute approximate surface area is 130 Å². The Morgan fingerprint density at radius 1 is 1.38 bits per heavy atom. The minimum atomic E-state index is 0.365. The van der Waals surface area contributed by atoms with Crippen molar-refractivity contribution in [3.8, 4) is 5.75 Å². The van der Waals surface area contributed by atoms with Crippen LogP contribution in [0.15, 0.2) is 29.6 Å². The van der Waals surface area contributed by atoms with Crippen LogP contribution in [-0.4, -0.2) is 13.2 Å². The van der Waals surface area contributed by atoms with E-state index in [1.165, 1.54) is 10.4 Å². The zero-order chi connectivity index (χ0) is 14.8. The van der Waals surface area contributed by atoms with E-state index in [0.29, 0.717) is 12.6 Å². The molecule has 21 heavy (non-hydrogen) atoms. The fourth-order valence-corrected chi connectivity index (χ4v) is 3.92. The number of nitrogens with zero attached hydrogens (tertiary/aromatic N) is 1. The quantitative estimate of drug-likeness (QED) is 0.858. The molecule has 112 valence electrons. The van der Waals surface area contributed by atoms with E-state index < -0.39 is 0 Å². The van der Waals surface area contributed by atoms with Gasteiger partial charge in [0.15, 0.2) is 0 Å². The summed E-state index contributed by atoms with van der Waals surface area (Å²) in [5.74, 6) is 0.803. The molecule has 1 aliphatic rings. The predicted molar refractivity (Wildman–Crippen MR) is 90.4 cm³/mol. The Hall–Kier alpha value is -1.68. The van der Waals surface area contributed by atoms with Gasteiger partial charge in [-0.3, -0.25) is 0 Å². The summed E-state index contributed by atoms with van der Waals surface area (Å²) < 4.78 is 5.76. The molecule has 2 heterocycles. The number of anilines is 2. The Kier molecular flexibility index (Phi) is 4.06. The molecule has 0 aliphatic carbocycles. The van der Waals surface area contributed by atoms with Gasteiger partial charge in [-0.1, -0.05) is 13.0 Å². The molecule has 0 spiro atoms. The first-order valence-electron chi connectivity index (χ1n) is 7.56. The number of nitrogens with two attached hydrogens (primary N) is 1. The van der Waals surface area contributed by atoms with Crippen LogP contribution in [0, 0.1) is 0 Å². The van der Waals surface area contributed by atoms with Crippen LogP contribution < -0.4 is 15.4 Å². The lowest BCUT2D eigenvalue weighted by Gasteiger charge is -2.36. The van der Waals surface area contributed by atoms with E-state index in [4.69, 9.17) is 10.5 Å². The van der Waals surface area contributed by atoms with Gasteiger partial charge in [-0.15, -0.1) is 11.3 Å². The maximum Gasteiger partial charge on any atom is 0.144 e. The van der Waals surface area contributed by atoms with Crippen LogP contribution in [0.4, 0.5) is 11.4 Å². The van der Waals surface area contributed by atoms with Gasteiger partial charge in [-0.25, -0.2) is 0 Å². The highest BCUT2D eigenvalue weighted by molar-refractivity contribution is 7.10. The van der Waals surface area contributed by atoms with E-state index in [9.17, 15) is 0 Å². The van der Waals surface area contributed by atoms with Crippen molar-refractivity contribution in [1.29, 1.82) is 0 Å². The molecule has 0 bridgehead atoms. The third kappa shape index (κ3) is 2.60. The molecule has 3 rings (SSSR count). The average molecular weight is 302 g/mol. The number of nitrogen functional groups attached to an aromatic ring is 1. The van der Waals surface area contributed by atoms with Gasteiger partial charge in [0.05, 0.1) is 24.0 Å². The summed E-state index contributed by atoms with van der Waals surface area (Å²) in [6, 6.07) is 8.70. The second kappa shape index (κ2) is 5.98. The molecule has 1 aliphatic heterocycles. The van der Waals surface area contributed by atoms with Crippen molar-refractivity contribution in [3.05, 3.63) is 40.1 Å². The lowest BCUT2D eigenvalue weighted by atomic mass is 10.0. The summed E-state index contributed by atoms with van der Waals surface area (Å²) in [6.07, 6.45) is 2.08. The number of ether oxygens (including phenoxy) is 1. The Morgan fingerprint density at radius 3 is 3.05 bits per heavy atom. The van der Waals surface area contributed by atoms with E-state index in [1.807, 2.05) is 23.5 Å². The number of thiophene rings is 1. The molecule has 1 aromatic heterocycles. The topological polar surface area (TPSA) is 38.5 Å². The molecule has 1 unspecified atom stereocenters. The van der Waals surface area contributed by atoms with E-state index in [-0.39, 0.29) is 0 Å². The van der Waals surface area contributed by atoms with Crippen LogP contribution in [0.5, 0.6) is 5.75 Å². The smallest absolute Gasteiger partial charge is 0.144 e. The molecule has 0 amide bonds. The predicted octanol–water partition coefficient (Wildman–Crippen LogP) is 4.24. The molecular formula is C17H22N2OS. The SMILES string of the molecule is CCCOc1cccc(N2CCc3sccc3C2C)c1N. The van der Waals surface area contributed by atoms with Crippen LogP contribution >= 0.6 is 11.3 Å². The van der Waals surface area contributed by atoms with Gasteiger partial charge in [0.2, 0.25) is 0 Å². The van der Waals surface area contributed by atoms with Crippen molar-refractivity contribution in [2.45, 2.75) is 32.7 Å². The van der Waals surface area contributed by atoms with E-state index >= 15 is 0 Å². The third-order valence-electron chi connectivity index (χ3n) is 4.09. The highest BCUT2D eigenvalue weighted by Gasteiger charge is 2.26. The van der Waals surface area contributed by atoms with Gasteiger partial charge in [-0.2, -0.15) is 0 Å². The van der Waals surface area contributed by atoms with Crippen molar-refractivity contribution in [2.24, 2.45) is 0 Å². The van der Waals surface area contributed by atoms with Crippen LogP contribution in [-0.2, 0) is 6.42 Å². The number of benzene rings is 1. The average Bonchev–Trinajstić information content (AvgIpc) is 2.97. The third-order valence-corrected chi connectivity index (χ3v) is 5.09. The molecular weight excluding hydrogens is 280 g/mol. The first kappa shape index (κ1) is 14.3. The van der Waals surface area contributed by atoms with E-state index in [2.05, 4.69) is 36.3 Å². The van der Waals surface area contributed by atoms with Crippen molar-refractivity contribution < 1.29 is 4.74 Å². The van der Waals surface area contributed by atoms with Gasteiger partial charge in [0, 0.05) is 11.4 Å². The second-order valence-corrected chi connectivity index (χ2v) is 6.46. The normalized spacial score (nSPS) is 17.6. The summed E-state index contributed by atoms with van der Waals surface area (Å²) in [5.41, 5.74) is 9.64. The van der Waals surface area contributed by atoms with Crippen molar-refractivity contribution in [2.75, 3.05) is 23.8 Å². The molecule has 0 saturated carbocycles. The number of hydrogen-bond acceptors (Lipinski definition) is 4. The van der Waals surface area contributed by atoms with Gasteiger partial charge < -0.3 is 15.4 Å². The van der Waals surface area contributed by atoms with Crippen molar-refractivity contribution in [3.63, 3.8) is 0 Å². The van der Waals surface area contributed by atoms with Crippen molar-refractivity contribution >= 4 is 22.7 Å². The van der Waals surface area contributed by atoms with Gasteiger partial charge in [0.1, 0.15) is 5.75 Å². The van der Waals surface area contributed by atoms with Crippen molar-refractivity contribution in [1.82, 2.24) is 0 Å². The maximum atomic E-state index is 6.35. The fourth-order valence-electron chi connectivity index (χ4n) is 2.96. The summed E-state index contributed by atoms with van der Waals surface area (Å²) in [6.45, 7) is 6.07. The molecule has 0 fully saturated rings. The molecule has 4 heteroatoms. The first-order valence-corrected chi connectivity index (χ1v) is 8.44. The Bertz CT molecular complexity index is 623. The summed E-state index contributed by atoms with van der Waals surface area (Å²) in [7, 11) is 0. The fraction of sp³-hybridized carbons (Fsp3) is 0.412. The molecule has 0 saturated heterocycles. The molecule has 1 aromatic carbocycles. The number of hydrogen-bond donors (Lipinski definition) is 1. The number of para-hydroxylation sites is 1. The van der Waals surface area contributed by atoms with Crippen LogP contribution in [0.25, 0.3) is 0 Å². The minimum absolute atomic E-state index is 0.365. The van der Waals surface area contributed by atoms with Crippen LogP contribution in [0.1, 0.15) is 36.8 Å². The monoisotopic (exact) mass is 302 g/mol. The molecule has 3 nitrogen and oxygen atoms in total. The zero-order valence-corrected chi connectivity index (χ0v) is 13.5. The zero-order valence-electron chi connectivity index (χ0n) is 12.6. The van der Waals surface area contributed by atoms with E-state index in [0.717, 1.165) is 36.5 Å². The van der Waals surface area contributed by atoms with Gasteiger partial charge >= 0.3 is 0 Å². The van der Waals surface area contributed by atoms with Gasteiger partial charge in [-0.05, 0) is 48.9 Å². The van der Waals surface area contributed by atoms with E-state index in [1.54, 1.807) is 0 Å². The van der Waals surface area contributed by atoms with Crippen LogP contribution in [0.2, 0.25) is 0 Å². The second-order valence-electron chi connectivity index (χ2n) is 5.46. The summed E-state index contributed by atoms with van der Waals surface area (Å²) in [4.78, 5) is 3.90. The highest BCUT2D eigenvalue weighted by Crippen LogP contribution is 2.40. The minimum Gasteiger partial charge on any atom is -0.491 e. The molecule has 0 radical (unpaired) electrons. The molecule has 1 atom stereocenters. The molecule has 2 aromatic rings. The maximum absolute atomic E-state index is 6.35. The lowest BCUT2D eigenvalue weighted by Crippen LogP contribution is -2.33. The first-order chi connectivity index (χ1) is 10.2. The summed E-state index contributed by atoms with van der Waals surface area (Å²) in [5, 5.41) is 2.19. The number of rotatable bonds is 4.